The van der Waals surface area contributed by atoms with Crippen LogP contribution in [0, 0.1) is 5.92 Å². The van der Waals surface area contributed by atoms with Crippen LogP contribution >= 0.6 is 0 Å². The highest BCUT2D eigenvalue weighted by Gasteiger charge is 2.41. The second-order valence-electron chi connectivity index (χ2n) is 17.3. The van der Waals surface area contributed by atoms with E-state index >= 15 is 0 Å². The summed E-state index contributed by atoms with van der Waals surface area (Å²) >= 11 is 0. The van der Waals surface area contributed by atoms with Crippen molar-refractivity contribution in [2.45, 2.75) is 94.3 Å². The summed E-state index contributed by atoms with van der Waals surface area (Å²) in [5, 5.41) is 39.6. The van der Waals surface area contributed by atoms with E-state index in [0.717, 1.165) is 99.7 Å². The number of phenols is 1. The van der Waals surface area contributed by atoms with E-state index in [2.05, 4.69) is 44.8 Å². The van der Waals surface area contributed by atoms with Gasteiger partial charge in [0, 0.05) is 36.6 Å². The first kappa shape index (κ1) is 43.4. The molecule has 3 saturated heterocycles. The molecule has 1 aromatic heterocycles. The summed E-state index contributed by atoms with van der Waals surface area (Å²) in [5.41, 5.74) is 4.06. The minimum Gasteiger partial charge on any atom is -0.506 e. The maximum atomic E-state index is 13.3. The molecule has 4 atom stereocenters. The SMILES string of the molecule is O=C(NC(c1ccccc1)c1cccc(OCc2ccc(C3(C(O)OCCCCNCC(O)c4ccc(O)c5[nH]c(=O)ccc45)CCCCC3)cc2)c1)OC1CN2CCC1CC2. The van der Waals surface area contributed by atoms with Crippen LogP contribution in [0.15, 0.2) is 108 Å². The zero-order valence-electron chi connectivity index (χ0n) is 35.3. The number of carbonyl (C=O) groups excluding carboxylic acids is 1. The van der Waals surface area contributed by atoms with E-state index in [-0.39, 0.29) is 17.4 Å². The summed E-state index contributed by atoms with van der Waals surface area (Å²) in [6, 6.07) is 31.9. The predicted octanol–water partition coefficient (Wildman–Crippen LogP) is 7.36. The fourth-order valence-electron chi connectivity index (χ4n) is 9.69. The molecule has 62 heavy (non-hydrogen) atoms. The summed E-state index contributed by atoms with van der Waals surface area (Å²) in [6.07, 6.45) is 6.32. The molecule has 328 valence electrons. The van der Waals surface area contributed by atoms with Gasteiger partial charge in [-0.2, -0.15) is 0 Å². The lowest BCUT2D eigenvalue weighted by Gasteiger charge is -2.43. The van der Waals surface area contributed by atoms with E-state index in [4.69, 9.17) is 14.2 Å². The number of nitrogens with one attached hydrogen (secondary N) is 3. The molecule has 0 spiro atoms. The Morgan fingerprint density at radius 2 is 1.65 bits per heavy atom. The van der Waals surface area contributed by atoms with Gasteiger partial charge in [-0.1, -0.05) is 92.1 Å². The lowest BCUT2D eigenvalue weighted by molar-refractivity contribution is -0.156. The third-order valence-corrected chi connectivity index (χ3v) is 13.2. The molecule has 4 aromatic carbocycles. The lowest BCUT2D eigenvalue weighted by Crippen LogP contribution is -2.52. The molecule has 4 fully saturated rings. The third kappa shape index (κ3) is 10.3. The zero-order valence-corrected chi connectivity index (χ0v) is 35.3. The van der Waals surface area contributed by atoms with Crippen LogP contribution in [0.1, 0.15) is 97.8 Å². The highest BCUT2D eigenvalue weighted by atomic mass is 16.6. The Kier molecular flexibility index (Phi) is 14.2. The van der Waals surface area contributed by atoms with Crippen molar-refractivity contribution < 1.29 is 34.3 Å². The second kappa shape index (κ2) is 20.3. The molecule has 5 aromatic rings. The molecule has 3 aliphatic heterocycles. The number of amides is 1. The number of aliphatic hydroxyl groups is 2. The summed E-state index contributed by atoms with van der Waals surface area (Å²) in [6.45, 7) is 4.71. The summed E-state index contributed by atoms with van der Waals surface area (Å²) < 4.78 is 18.5. The number of benzene rings is 4. The Morgan fingerprint density at radius 3 is 2.40 bits per heavy atom. The maximum Gasteiger partial charge on any atom is 0.408 e. The van der Waals surface area contributed by atoms with Crippen LogP contribution in [-0.2, 0) is 21.5 Å². The number of unbranched alkanes of at least 4 members (excludes halogenated alkanes) is 1. The van der Waals surface area contributed by atoms with E-state index in [1.165, 1.54) is 12.1 Å². The summed E-state index contributed by atoms with van der Waals surface area (Å²) in [4.78, 5) is 30.1. The Bertz CT molecular complexity index is 2290. The quantitative estimate of drug-likeness (QED) is 0.0388. The molecule has 6 N–H and O–H groups in total. The van der Waals surface area contributed by atoms with Gasteiger partial charge in [0.25, 0.3) is 0 Å². The number of pyridine rings is 1. The Labute approximate surface area is 363 Å². The molecule has 12 nitrogen and oxygen atoms in total. The molecule has 9 rings (SSSR count). The van der Waals surface area contributed by atoms with Gasteiger partial charge in [0.2, 0.25) is 5.56 Å². The number of H-pyrrole nitrogens is 1. The third-order valence-electron chi connectivity index (χ3n) is 13.2. The molecule has 4 aliphatic rings. The Morgan fingerprint density at radius 1 is 0.871 bits per heavy atom. The molecule has 2 bridgehead atoms. The van der Waals surface area contributed by atoms with Gasteiger partial charge in [-0.15, -0.1) is 0 Å². The van der Waals surface area contributed by atoms with E-state index in [1.807, 2.05) is 54.6 Å². The largest absolute Gasteiger partial charge is 0.506 e. The van der Waals surface area contributed by atoms with E-state index in [1.54, 1.807) is 12.1 Å². The number of rotatable bonds is 18. The van der Waals surface area contributed by atoms with Gasteiger partial charge < -0.3 is 45.1 Å². The van der Waals surface area contributed by atoms with E-state index in [0.29, 0.717) is 54.4 Å². The molecule has 1 amide bonds. The number of fused-ring (bicyclic) bond motifs is 4. The predicted molar refractivity (Wildman–Crippen MR) is 238 cm³/mol. The van der Waals surface area contributed by atoms with Crippen LogP contribution in [0.3, 0.4) is 0 Å². The number of nitrogens with zero attached hydrogens (tertiary/aromatic N) is 1. The van der Waals surface area contributed by atoms with E-state index in [9.17, 15) is 24.9 Å². The molecule has 0 radical (unpaired) electrons. The van der Waals surface area contributed by atoms with Crippen molar-refractivity contribution in [1.82, 2.24) is 20.5 Å². The molecule has 1 saturated carbocycles. The van der Waals surface area contributed by atoms with Crippen LogP contribution in [0.5, 0.6) is 11.5 Å². The number of aromatic amines is 1. The fraction of sp³-hybridized carbons (Fsp3) is 0.440. The number of aromatic hydroxyl groups is 1. The van der Waals surface area contributed by atoms with Crippen molar-refractivity contribution in [3.8, 4) is 11.5 Å². The number of piperidine rings is 3. The van der Waals surface area contributed by atoms with Gasteiger partial charge >= 0.3 is 6.09 Å². The summed E-state index contributed by atoms with van der Waals surface area (Å²) in [5.74, 6) is 1.08. The first-order valence-corrected chi connectivity index (χ1v) is 22.4. The number of carbonyl (C=O) groups is 1. The van der Waals surface area contributed by atoms with Crippen LogP contribution in [-0.4, -0.2) is 83.0 Å². The number of ether oxygens (including phenoxy) is 3. The molecular formula is C50H60N4O8. The number of hydrogen-bond donors (Lipinski definition) is 6. The van der Waals surface area contributed by atoms with Gasteiger partial charge in [-0.25, -0.2) is 4.79 Å². The molecular weight excluding hydrogens is 785 g/mol. The van der Waals surface area contributed by atoms with Gasteiger partial charge in [-0.3, -0.25) is 9.69 Å². The van der Waals surface area contributed by atoms with Gasteiger partial charge in [0.1, 0.15) is 24.2 Å². The first-order chi connectivity index (χ1) is 30.3. The second-order valence-corrected chi connectivity index (χ2v) is 17.3. The van der Waals surface area contributed by atoms with Crippen molar-refractivity contribution in [1.29, 1.82) is 0 Å². The smallest absolute Gasteiger partial charge is 0.408 e. The Balaban J connectivity index is 0.825. The average molecular weight is 845 g/mol. The van der Waals surface area contributed by atoms with Gasteiger partial charge in [-0.05, 0) is 116 Å². The summed E-state index contributed by atoms with van der Waals surface area (Å²) in [7, 11) is 0. The molecule has 4 unspecified atom stereocenters. The number of hydrogen-bond acceptors (Lipinski definition) is 10. The van der Waals surface area contributed by atoms with Gasteiger partial charge in [0.05, 0.1) is 17.7 Å². The van der Waals surface area contributed by atoms with Gasteiger partial charge in [0.15, 0.2) is 6.29 Å². The van der Waals surface area contributed by atoms with Crippen molar-refractivity contribution >= 4 is 17.0 Å². The van der Waals surface area contributed by atoms with Crippen LogP contribution in [0.25, 0.3) is 10.9 Å². The highest BCUT2D eigenvalue weighted by molar-refractivity contribution is 5.87. The number of alkyl carbamates (subject to hydrolysis) is 1. The van der Waals surface area contributed by atoms with Crippen LogP contribution in [0.2, 0.25) is 0 Å². The van der Waals surface area contributed by atoms with Crippen LogP contribution in [0.4, 0.5) is 4.79 Å². The first-order valence-electron chi connectivity index (χ1n) is 22.4. The molecule has 1 aliphatic carbocycles. The fourth-order valence-corrected chi connectivity index (χ4v) is 9.69. The standard InChI is InChI=1S/C50H60N4O8/c55-42-20-18-40(41-19-21-45(57)52-47(41)42)43(56)31-51-26-7-8-29-60-48(58)50(24-5-2-6-25-50)38-16-14-34(15-17-38)33-61-39-13-9-12-37(30-39)46(36-10-3-1-4-11-36)53-49(59)62-44-32-54-27-22-35(44)23-28-54/h1,3-4,9-21,30,35,43-44,46,48,51,55-56,58H,2,5-8,22-29,31-33H2,(H,52,57)(H,53,59). The van der Waals surface area contributed by atoms with Crippen LogP contribution < -0.4 is 20.9 Å². The monoisotopic (exact) mass is 844 g/mol. The maximum absolute atomic E-state index is 13.3. The highest BCUT2D eigenvalue weighted by Crippen LogP contribution is 2.43. The minimum absolute atomic E-state index is 0.0394. The molecule has 4 heterocycles. The topological polar surface area (TPSA) is 166 Å². The average Bonchev–Trinajstić information content (AvgIpc) is 3.31. The van der Waals surface area contributed by atoms with E-state index < -0.39 is 29.9 Å². The van der Waals surface area contributed by atoms with Crippen molar-refractivity contribution in [3.63, 3.8) is 0 Å². The van der Waals surface area contributed by atoms with Crippen molar-refractivity contribution in [2.75, 3.05) is 39.3 Å². The lowest BCUT2D eigenvalue weighted by atomic mass is 9.68. The van der Waals surface area contributed by atoms with Crippen molar-refractivity contribution in [2.24, 2.45) is 5.92 Å². The zero-order chi connectivity index (χ0) is 42.9. The number of aliphatic hydroxyl groups excluding tert-OH is 2. The van der Waals surface area contributed by atoms with Crippen molar-refractivity contribution in [3.05, 3.63) is 141 Å². The number of phenolic OH excluding ortho intramolecular Hbond substituents is 1. The number of aromatic nitrogens is 1. The normalized spacial score (nSPS) is 20.9. The minimum atomic E-state index is -0.935. The Hall–Kier alpha value is -5.24. The molecule has 12 heteroatoms.